The second-order valence-electron chi connectivity index (χ2n) is 6.59. The molecule has 0 radical (unpaired) electrons. The Bertz CT molecular complexity index is 699. The van der Waals surface area contributed by atoms with E-state index in [0.717, 1.165) is 17.8 Å². The van der Waals surface area contributed by atoms with Crippen molar-refractivity contribution >= 4 is 35.6 Å². The maximum atomic E-state index is 6.10. The molecule has 0 N–H and O–H groups in total. The predicted molar refractivity (Wildman–Crippen MR) is 111 cm³/mol. The SMILES string of the molecule is Cc1cc(OCCCCN2CCCCC2)nn1-c1ccc(Cl)c(Cl)c1.Cl. The van der Waals surface area contributed by atoms with Crippen LogP contribution < -0.4 is 4.74 Å². The van der Waals surface area contributed by atoms with Crippen LogP contribution in [0.1, 0.15) is 37.8 Å². The van der Waals surface area contributed by atoms with Crippen molar-refractivity contribution in [3.63, 3.8) is 0 Å². The first kappa shape index (κ1) is 21.4. The highest BCUT2D eigenvalue weighted by Gasteiger charge is 2.10. The minimum atomic E-state index is 0. The van der Waals surface area contributed by atoms with Crippen LogP contribution in [0.5, 0.6) is 5.88 Å². The maximum Gasteiger partial charge on any atom is 0.233 e. The molecule has 1 saturated heterocycles. The highest BCUT2D eigenvalue weighted by atomic mass is 35.5. The van der Waals surface area contributed by atoms with E-state index in [1.54, 1.807) is 6.07 Å². The number of ether oxygens (including phenoxy) is 1. The molecule has 1 aromatic carbocycles. The van der Waals surface area contributed by atoms with Crippen LogP contribution in [0.25, 0.3) is 5.69 Å². The van der Waals surface area contributed by atoms with Gasteiger partial charge in [-0.1, -0.05) is 29.6 Å². The van der Waals surface area contributed by atoms with Gasteiger partial charge in [-0.25, -0.2) is 4.68 Å². The smallest absolute Gasteiger partial charge is 0.233 e. The monoisotopic (exact) mass is 417 g/mol. The Kier molecular flexibility index (Phi) is 8.55. The Balaban J connectivity index is 0.00000243. The van der Waals surface area contributed by atoms with E-state index in [9.17, 15) is 0 Å². The van der Waals surface area contributed by atoms with Crippen LogP contribution >= 0.6 is 35.6 Å². The van der Waals surface area contributed by atoms with Crippen molar-refractivity contribution in [2.24, 2.45) is 0 Å². The third-order valence-corrected chi connectivity index (χ3v) is 5.32. The first-order valence-electron chi connectivity index (χ1n) is 9.01. The van der Waals surface area contributed by atoms with Gasteiger partial charge in [-0.05, 0) is 70.4 Å². The second kappa shape index (κ2) is 10.4. The third kappa shape index (κ3) is 5.78. The van der Waals surface area contributed by atoms with Gasteiger partial charge in [0.05, 0.1) is 22.3 Å². The van der Waals surface area contributed by atoms with Crippen molar-refractivity contribution in [1.82, 2.24) is 14.7 Å². The molecular formula is C19H26Cl3N3O. The number of benzene rings is 1. The van der Waals surface area contributed by atoms with Crippen molar-refractivity contribution in [3.05, 3.63) is 40.0 Å². The second-order valence-corrected chi connectivity index (χ2v) is 7.41. The molecular weight excluding hydrogens is 393 g/mol. The molecule has 1 fully saturated rings. The highest BCUT2D eigenvalue weighted by molar-refractivity contribution is 6.42. The Labute approximate surface area is 171 Å². The number of rotatable bonds is 7. The zero-order valence-electron chi connectivity index (χ0n) is 15.1. The molecule has 0 amide bonds. The van der Waals surface area contributed by atoms with E-state index < -0.39 is 0 Å². The number of aromatic nitrogens is 2. The zero-order chi connectivity index (χ0) is 17.6. The number of hydrogen-bond donors (Lipinski definition) is 0. The summed E-state index contributed by atoms with van der Waals surface area (Å²) in [6.07, 6.45) is 6.31. The van der Waals surface area contributed by atoms with E-state index in [1.807, 2.05) is 29.8 Å². The molecule has 2 heterocycles. The normalized spacial score (nSPS) is 14.9. The molecule has 0 saturated carbocycles. The van der Waals surface area contributed by atoms with Gasteiger partial charge < -0.3 is 9.64 Å². The van der Waals surface area contributed by atoms with Crippen molar-refractivity contribution in [2.75, 3.05) is 26.2 Å². The first-order valence-corrected chi connectivity index (χ1v) is 9.76. The molecule has 144 valence electrons. The van der Waals surface area contributed by atoms with Gasteiger partial charge in [-0.3, -0.25) is 0 Å². The zero-order valence-corrected chi connectivity index (χ0v) is 17.4. The van der Waals surface area contributed by atoms with Crippen molar-refractivity contribution in [2.45, 2.75) is 39.0 Å². The third-order valence-electron chi connectivity index (χ3n) is 4.58. The Morgan fingerprint density at radius 2 is 1.81 bits per heavy atom. The number of nitrogens with zero attached hydrogens (tertiary/aromatic N) is 3. The molecule has 3 rings (SSSR count). The summed E-state index contributed by atoms with van der Waals surface area (Å²) in [7, 11) is 0. The van der Waals surface area contributed by atoms with E-state index in [-0.39, 0.29) is 12.4 Å². The van der Waals surface area contributed by atoms with Gasteiger partial charge in [0.2, 0.25) is 5.88 Å². The fourth-order valence-electron chi connectivity index (χ4n) is 3.19. The van der Waals surface area contributed by atoms with Crippen LogP contribution in [-0.4, -0.2) is 40.9 Å². The highest BCUT2D eigenvalue weighted by Crippen LogP contribution is 2.26. The summed E-state index contributed by atoms with van der Waals surface area (Å²) >= 11 is 12.1. The molecule has 1 aliphatic rings. The summed E-state index contributed by atoms with van der Waals surface area (Å²) in [5.74, 6) is 0.654. The van der Waals surface area contributed by atoms with E-state index >= 15 is 0 Å². The Morgan fingerprint density at radius 3 is 2.54 bits per heavy atom. The largest absolute Gasteiger partial charge is 0.477 e. The molecule has 0 unspecified atom stereocenters. The molecule has 0 aliphatic carbocycles. The summed E-state index contributed by atoms with van der Waals surface area (Å²) in [6, 6.07) is 7.44. The summed E-state index contributed by atoms with van der Waals surface area (Å²) in [5.41, 5.74) is 1.88. The molecule has 26 heavy (non-hydrogen) atoms. The summed E-state index contributed by atoms with van der Waals surface area (Å²) in [5, 5.41) is 5.59. The van der Waals surface area contributed by atoms with E-state index in [0.29, 0.717) is 22.5 Å². The lowest BCUT2D eigenvalue weighted by Gasteiger charge is -2.26. The topological polar surface area (TPSA) is 30.3 Å². The summed E-state index contributed by atoms with van der Waals surface area (Å²) in [4.78, 5) is 2.56. The Hall–Kier alpha value is -0.940. The first-order chi connectivity index (χ1) is 12.1. The van der Waals surface area contributed by atoms with Crippen molar-refractivity contribution in [3.8, 4) is 11.6 Å². The van der Waals surface area contributed by atoms with Crippen LogP contribution in [-0.2, 0) is 0 Å². The van der Waals surface area contributed by atoms with Crippen LogP contribution in [0.15, 0.2) is 24.3 Å². The molecule has 1 aromatic heterocycles. The average molecular weight is 419 g/mol. The maximum absolute atomic E-state index is 6.10. The van der Waals surface area contributed by atoms with Gasteiger partial charge in [0, 0.05) is 11.8 Å². The van der Waals surface area contributed by atoms with Gasteiger partial charge in [-0.2, -0.15) is 0 Å². The predicted octanol–water partition coefficient (Wildman–Crippen LogP) is 5.55. The molecule has 0 bridgehead atoms. The lowest BCUT2D eigenvalue weighted by Crippen LogP contribution is -2.30. The molecule has 4 nitrogen and oxygen atoms in total. The van der Waals surface area contributed by atoms with E-state index in [2.05, 4.69) is 10.00 Å². The van der Waals surface area contributed by atoms with Crippen molar-refractivity contribution in [1.29, 1.82) is 0 Å². The van der Waals surface area contributed by atoms with E-state index in [4.69, 9.17) is 27.9 Å². The average Bonchev–Trinajstić information content (AvgIpc) is 2.99. The fraction of sp³-hybridized carbons (Fsp3) is 0.526. The Morgan fingerprint density at radius 1 is 1.04 bits per heavy atom. The minimum Gasteiger partial charge on any atom is -0.477 e. The number of hydrogen-bond acceptors (Lipinski definition) is 3. The summed E-state index contributed by atoms with van der Waals surface area (Å²) in [6.45, 7) is 6.40. The number of halogens is 3. The van der Waals surface area contributed by atoms with Crippen LogP contribution in [0.4, 0.5) is 0 Å². The molecule has 7 heteroatoms. The number of unbranched alkanes of at least 4 members (excludes halogenated alkanes) is 1. The van der Waals surface area contributed by atoms with Crippen molar-refractivity contribution < 1.29 is 4.74 Å². The quantitative estimate of drug-likeness (QED) is 0.552. The lowest BCUT2D eigenvalue weighted by atomic mass is 10.1. The molecule has 2 aromatic rings. The van der Waals surface area contributed by atoms with Crippen LogP contribution in [0.2, 0.25) is 10.0 Å². The molecule has 0 atom stereocenters. The molecule has 0 spiro atoms. The van der Waals surface area contributed by atoms with Gasteiger partial charge in [0.1, 0.15) is 0 Å². The lowest BCUT2D eigenvalue weighted by molar-refractivity contribution is 0.214. The number of aryl methyl sites for hydroxylation is 1. The van der Waals surface area contributed by atoms with Crippen LogP contribution in [0, 0.1) is 6.92 Å². The number of likely N-dealkylation sites (tertiary alicyclic amines) is 1. The fourth-order valence-corrected chi connectivity index (χ4v) is 3.48. The van der Waals surface area contributed by atoms with Gasteiger partial charge in [0.15, 0.2) is 0 Å². The minimum absolute atomic E-state index is 0. The van der Waals surface area contributed by atoms with E-state index in [1.165, 1.54) is 45.3 Å². The standard InChI is InChI=1S/C19H25Cl2N3O.ClH/c1-15-13-19(22-24(15)16-7-8-17(20)18(21)14-16)25-12-6-5-11-23-9-3-2-4-10-23;/h7-8,13-14H,2-6,9-12H2,1H3;1H. The van der Waals surface area contributed by atoms with Gasteiger partial charge >= 0.3 is 0 Å². The number of piperidine rings is 1. The van der Waals surface area contributed by atoms with Gasteiger partial charge in [0.25, 0.3) is 0 Å². The van der Waals surface area contributed by atoms with Crippen LogP contribution in [0.3, 0.4) is 0 Å². The summed E-state index contributed by atoms with van der Waals surface area (Å²) < 4.78 is 7.65. The van der Waals surface area contributed by atoms with Gasteiger partial charge in [-0.15, -0.1) is 17.5 Å². The molecule has 1 aliphatic heterocycles.